The Balaban J connectivity index is 1.68. The fourth-order valence-corrected chi connectivity index (χ4v) is 3.32. The lowest BCUT2D eigenvalue weighted by Crippen LogP contribution is -2.25. The third-order valence-electron chi connectivity index (χ3n) is 5.23. The Morgan fingerprint density at radius 2 is 1.64 bits per heavy atom. The van der Waals surface area contributed by atoms with E-state index in [1.54, 1.807) is 54.7 Å². The van der Waals surface area contributed by atoms with Crippen molar-refractivity contribution in [3.05, 3.63) is 94.0 Å². The standard InChI is InChI=1S/C28H28ClN5O2/c1-5-20-8-13-24(14-9-20)31-28(36)25-18-23(29)12-15-26(25)32-27(35)22-10-6-21(7-11-22)19-30-34(4)17-16-33(2)3/h1,6-15,18-19H,16-17H2,2-4H3,(H,31,36)(H,32,35). The van der Waals surface area contributed by atoms with E-state index in [1.807, 2.05) is 38.3 Å². The van der Waals surface area contributed by atoms with Crippen LogP contribution in [0.3, 0.4) is 0 Å². The summed E-state index contributed by atoms with van der Waals surface area (Å²) < 4.78 is 0. The zero-order valence-electron chi connectivity index (χ0n) is 20.5. The summed E-state index contributed by atoms with van der Waals surface area (Å²) in [5.41, 5.74) is 3.17. The van der Waals surface area contributed by atoms with Crippen molar-refractivity contribution in [3.8, 4) is 12.3 Å². The minimum Gasteiger partial charge on any atom is -0.322 e. The predicted molar refractivity (Wildman–Crippen MR) is 147 cm³/mol. The predicted octanol–water partition coefficient (Wildman–Crippen LogP) is 4.65. The van der Waals surface area contributed by atoms with Crippen LogP contribution in [0.2, 0.25) is 5.02 Å². The van der Waals surface area contributed by atoms with Crippen LogP contribution in [0.25, 0.3) is 0 Å². The highest BCUT2D eigenvalue weighted by Crippen LogP contribution is 2.23. The second kappa shape index (κ2) is 12.5. The molecule has 36 heavy (non-hydrogen) atoms. The van der Waals surface area contributed by atoms with Crippen LogP contribution in [0.5, 0.6) is 0 Å². The molecule has 0 heterocycles. The summed E-state index contributed by atoms with van der Waals surface area (Å²) in [4.78, 5) is 27.9. The van der Waals surface area contributed by atoms with Gasteiger partial charge in [0.25, 0.3) is 11.8 Å². The Bertz CT molecular complexity index is 1280. The highest BCUT2D eigenvalue weighted by atomic mass is 35.5. The number of anilines is 2. The molecule has 0 unspecified atom stereocenters. The van der Waals surface area contributed by atoms with Gasteiger partial charge in [0, 0.05) is 42.0 Å². The maximum absolute atomic E-state index is 12.9. The molecular formula is C28H28ClN5O2. The third-order valence-corrected chi connectivity index (χ3v) is 5.47. The molecule has 2 N–H and O–H groups in total. The average Bonchev–Trinajstić information content (AvgIpc) is 2.87. The second-order valence-electron chi connectivity index (χ2n) is 8.37. The first kappa shape index (κ1) is 26.5. The summed E-state index contributed by atoms with van der Waals surface area (Å²) in [6.45, 7) is 1.70. The van der Waals surface area contributed by atoms with Crippen LogP contribution in [-0.2, 0) is 0 Å². The molecule has 8 heteroatoms. The molecule has 0 fully saturated rings. The van der Waals surface area contributed by atoms with Crippen LogP contribution in [0.15, 0.2) is 71.8 Å². The Hall–Kier alpha value is -4.12. The van der Waals surface area contributed by atoms with Crippen LogP contribution in [0.1, 0.15) is 31.8 Å². The minimum absolute atomic E-state index is 0.237. The number of likely N-dealkylation sites (N-methyl/N-ethyl adjacent to an activating group) is 2. The summed E-state index contributed by atoms with van der Waals surface area (Å²) in [6.07, 6.45) is 7.12. The smallest absolute Gasteiger partial charge is 0.257 e. The van der Waals surface area contributed by atoms with Crippen LogP contribution < -0.4 is 10.6 Å². The van der Waals surface area contributed by atoms with Crippen molar-refractivity contribution in [2.24, 2.45) is 5.10 Å². The Morgan fingerprint density at radius 3 is 2.28 bits per heavy atom. The zero-order chi connectivity index (χ0) is 26.1. The first-order valence-electron chi connectivity index (χ1n) is 11.2. The molecule has 184 valence electrons. The van der Waals surface area contributed by atoms with E-state index in [9.17, 15) is 9.59 Å². The number of amides is 2. The number of terminal acetylenes is 1. The van der Waals surface area contributed by atoms with E-state index in [0.29, 0.717) is 27.5 Å². The van der Waals surface area contributed by atoms with Gasteiger partial charge < -0.3 is 15.5 Å². The van der Waals surface area contributed by atoms with Gasteiger partial charge in [-0.15, -0.1) is 6.42 Å². The molecule has 0 radical (unpaired) electrons. The molecular weight excluding hydrogens is 474 g/mol. The van der Waals surface area contributed by atoms with Crippen molar-refractivity contribution in [3.63, 3.8) is 0 Å². The number of rotatable bonds is 9. The summed E-state index contributed by atoms with van der Waals surface area (Å²) in [7, 11) is 5.94. The molecule has 3 rings (SSSR count). The number of halogens is 1. The summed E-state index contributed by atoms with van der Waals surface area (Å²) >= 11 is 6.13. The van der Waals surface area contributed by atoms with Crippen LogP contribution in [-0.4, -0.2) is 62.2 Å². The minimum atomic E-state index is -0.411. The maximum atomic E-state index is 12.9. The first-order chi connectivity index (χ1) is 17.2. The molecule has 0 aliphatic heterocycles. The quantitative estimate of drug-likeness (QED) is 0.254. The van der Waals surface area contributed by atoms with Crippen molar-refractivity contribution in [2.45, 2.75) is 0 Å². The third kappa shape index (κ3) is 7.70. The summed E-state index contributed by atoms with van der Waals surface area (Å²) in [5, 5.41) is 12.2. The van der Waals surface area contributed by atoms with Crippen LogP contribution in [0, 0.1) is 12.3 Å². The van der Waals surface area contributed by atoms with Crippen molar-refractivity contribution in [1.29, 1.82) is 0 Å². The van der Waals surface area contributed by atoms with E-state index in [1.165, 1.54) is 6.07 Å². The van der Waals surface area contributed by atoms with E-state index in [4.69, 9.17) is 18.0 Å². The molecule has 7 nitrogen and oxygen atoms in total. The Kier molecular flexibility index (Phi) is 9.23. The van der Waals surface area contributed by atoms with Gasteiger partial charge in [-0.2, -0.15) is 5.10 Å². The van der Waals surface area contributed by atoms with Gasteiger partial charge in [-0.25, -0.2) is 0 Å². The lowest BCUT2D eigenvalue weighted by Gasteiger charge is -2.16. The fourth-order valence-electron chi connectivity index (χ4n) is 3.14. The van der Waals surface area contributed by atoms with Gasteiger partial charge in [0.15, 0.2) is 0 Å². The number of nitrogens with one attached hydrogen (secondary N) is 2. The normalized spacial score (nSPS) is 10.8. The first-order valence-corrected chi connectivity index (χ1v) is 11.6. The van der Waals surface area contributed by atoms with Crippen molar-refractivity contribution < 1.29 is 9.59 Å². The highest BCUT2D eigenvalue weighted by Gasteiger charge is 2.16. The summed E-state index contributed by atoms with van der Waals surface area (Å²) in [6, 6.07) is 18.6. The average molecular weight is 502 g/mol. The number of carbonyl (C=O) groups excluding carboxylic acids is 2. The van der Waals surface area contributed by atoms with Gasteiger partial charge in [-0.05, 0) is 74.3 Å². The maximum Gasteiger partial charge on any atom is 0.257 e. The molecule has 0 atom stereocenters. The molecule has 0 bridgehead atoms. The van der Waals surface area contributed by atoms with Crippen molar-refractivity contribution in [2.75, 3.05) is 44.9 Å². The topological polar surface area (TPSA) is 77.0 Å². The van der Waals surface area contributed by atoms with Crippen molar-refractivity contribution in [1.82, 2.24) is 9.91 Å². The number of carbonyl (C=O) groups is 2. The van der Waals surface area contributed by atoms with Crippen LogP contribution >= 0.6 is 11.6 Å². The number of nitrogens with zero attached hydrogens (tertiary/aromatic N) is 3. The second-order valence-corrected chi connectivity index (χ2v) is 8.81. The van der Waals surface area contributed by atoms with Gasteiger partial charge in [-0.1, -0.05) is 29.7 Å². The SMILES string of the molecule is C#Cc1ccc(NC(=O)c2cc(Cl)ccc2NC(=O)c2ccc(C=NN(C)CCN(C)C)cc2)cc1. The molecule has 0 saturated heterocycles. The summed E-state index contributed by atoms with van der Waals surface area (Å²) in [5.74, 6) is 1.77. The van der Waals surface area contributed by atoms with Gasteiger partial charge in [0.1, 0.15) is 0 Å². The van der Waals surface area contributed by atoms with E-state index >= 15 is 0 Å². The number of hydrazone groups is 1. The van der Waals surface area contributed by atoms with Gasteiger partial charge >= 0.3 is 0 Å². The highest BCUT2D eigenvalue weighted by molar-refractivity contribution is 6.31. The van der Waals surface area contributed by atoms with E-state index in [-0.39, 0.29) is 11.5 Å². The van der Waals surface area contributed by atoms with Gasteiger partial charge in [0.05, 0.1) is 17.5 Å². The largest absolute Gasteiger partial charge is 0.322 e. The lowest BCUT2D eigenvalue weighted by molar-refractivity contribution is 0.102. The van der Waals surface area contributed by atoms with E-state index in [0.717, 1.165) is 18.7 Å². The lowest BCUT2D eigenvalue weighted by atomic mass is 10.1. The van der Waals surface area contributed by atoms with Gasteiger partial charge in [-0.3, -0.25) is 14.6 Å². The van der Waals surface area contributed by atoms with E-state index in [2.05, 4.69) is 26.6 Å². The number of hydrogen-bond acceptors (Lipinski definition) is 5. The molecule has 3 aromatic rings. The monoisotopic (exact) mass is 501 g/mol. The molecule has 0 spiro atoms. The molecule has 0 aliphatic rings. The van der Waals surface area contributed by atoms with E-state index < -0.39 is 5.91 Å². The number of benzene rings is 3. The van der Waals surface area contributed by atoms with Gasteiger partial charge in [0.2, 0.25) is 0 Å². The molecule has 3 aromatic carbocycles. The molecule has 0 aromatic heterocycles. The zero-order valence-corrected chi connectivity index (χ0v) is 21.2. The number of hydrogen-bond donors (Lipinski definition) is 2. The van der Waals surface area contributed by atoms with Crippen molar-refractivity contribution >= 4 is 41.0 Å². The molecule has 2 amide bonds. The Labute approximate surface area is 216 Å². The molecule has 0 aliphatic carbocycles. The molecule has 0 saturated carbocycles. The fraction of sp³-hybridized carbons (Fsp3) is 0.179. The van der Waals surface area contributed by atoms with Crippen LogP contribution in [0.4, 0.5) is 11.4 Å². The Morgan fingerprint density at radius 1 is 0.944 bits per heavy atom.